The Balaban J connectivity index is 1.30. The van der Waals surface area contributed by atoms with Gasteiger partial charge in [0.1, 0.15) is 5.76 Å². The maximum atomic E-state index is 12.2. The molecule has 2 heterocycles. The Labute approximate surface area is 116 Å². The molecule has 106 valence electrons. The van der Waals surface area contributed by atoms with Gasteiger partial charge >= 0.3 is 0 Å². The van der Waals surface area contributed by atoms with Crippen molar-refractivity contribution in [2.45, 2.75) is 37.6 Å². The average Bonchev–Trinajstić information content (AvgIpc) is 3.30. The highest BCUT2D eigenvalue weighted by atomic mass is 16.5. The summed E-state index contributed by atoms with van der Waals surface area (Å²) in [6.07, 6.45) is 4.26. The van der Waals surface area contributed by atoms with Crippen molar-refractivity contribution in [3.05, 3.63) is 17.5 Å². The molecule has 1 N–H and O–H groups in total. The molecule has 0 bridgehead atoms. The molecule has 1 aromatic heterocycles. The maximum absolute atomic E-state index is 12.2. The predicted octanol–water partition coefficient (Wildman–Crippen LogP) is 0.903. The maximum Gasteiger partial charge on any atom is 0.276 e. The Morgan fingerprint density at radius 3 is 2.65 bits per heavy atom. The van der Waals surface area contributed by atoms with E-state index in [4.69, 9.17) is 4.52 Å². The number of amides is 2. The van der Waals surface area contributed by atoms with Gasteiger partial charge in [0.15, 0.2) is 5.69 Å². The van der Waals surface area contributed by atoms with Gasteiger partial charge in [-0.15, -0.1) is 0 Å². The van der Waals surface area contributed by atoms with Gasteiger partial charge < -0.3 is 14.7 Å². The molecule has 20 heavy (non-hydrogen) atoms. The van der Waals surface area contributed by atoms with Crippen molar-refractivity contribution < 1.29 is 14.1 Å². The van der Waals surface area contributed by atoms with Crippen molar-refractivity contribution in [3.63, 3.8) is 0 Å². The molecule has 1 aliphatic heterocycles. The topological polar surface area (TPSA) is 75.4 Å². The summed E-state index contributed by atoms with van der Waals surface area (Å²) in [5.74, 6) is 1.55. The summed E-state index contributed by atoms with van der Waals surface area (Å²) in [7, 11) is 0. The van der Waals surface area contributed by atoms with Crippen molar-refractivity contribution in [1.82, 2.24) is 15.4 Å². The first-order valence-electron chi connectivity index (χ1n) is 7.27. The molecular formula is C14H17N3O3. The Morgan fingerprint density at radius 1 is 1.25 bits per heavy atom. The van der Waals surface area contributed by atoms with Gasteiger partial charge in [0.2, 0.25) is 5.91 Å². The molecule has 0 aromatic carbocycles. The van der Waals surface area contributed by atoms with Gasteiger partial charge in [0, 0.05) is 31.0 Å². The number of carbonyl (C=O) groups is 2. The van der Waals surface area contributed by atoms with E-state index in [1.54, 1.807) is 11.0 Å². The van der Waals surface area contributed by atoms with Crippen LogP contribution in [0.4, 0.5) is 0 Å². The smallest absolute Gasteiger partial charge is 0.276 e. The molecule has 2 aliphatic carbocycles. The zero-order valence-electron chi connectivity index (χ0n) is 11.2. The van der Waals surface area contributed by atoms with Crippen LogP contribution in [-0.2, 0) is 4.79 Å². The van der Waals surface area contributed by atoms with E-state index in [9.17, 15) is 9.59 Å². The second-order valence-corrected chi connectivity index (χ2v) is 6.08. The summed E-state index contributed by atoms with van der Waals surface area (Å²) in [6.45, 7) is 1.14. The van der Waals surface area contributed by atoms with E-state index in [0.717, 1.165) is 31.4 Å². The third-order valence-electron chi connectivity index (χ3n) is 4.19. The van der Waals surface area contributed by atoms with Crippen molar-refractivity contribution in [2.75, 3.05) is 13.1 Å². The third kappa shape index (κ3) is 2.19. The summed E-state index contributed by atoms with van der Waals surface area (Å²) < 4.78 is 5.19. The van der Waals surface area contributed by atoms with Gasteiger partial charge in [-0.25, -0.2) is 0 Å². The van der Waals surface area contributed by atoms with Gasteiger partial charge in [-0.1, -0.05) is 5.16 Å². The molecule has 1 saturated heterocycles. The van der Waals surface area contributed by atoms with E-state index in [2.05, 4.69) is 10.5 Å². The van der Waals surface area contributed by atoms with Crippen molar-refractivity contribution in [2.24, 2.45) is 5.92 Å². The second-order valence-electron chi connectivity index (χ2n) is 6.08. The number of hydrogen-bond acceptors (Lipinski definition) is 4. The minimum Gasteiger partial charge on any atom is -0.360 e. The van der Waals surface area contributed by atoms with Crippen LogP contribution in [0.25, 0.3) is 0 Å². The van der Waals surface area contributed by atoms with Crippen LogP contribution < -0.4 is 5.32 Å². The largest absolute Gasteiger partial charge is 0.360 e. The summed E-state index contributed by atoms with van der Waals surface area (Å²) in [5.41, 5.74) is 0.388. The van der Waals surface area contributed by atoms with E-state index in [0.29, 0.717) is 24.7 Å². The molecule has 0 atom stereocenters. The molecule has 4 rings (SSSR count). The normalized spacial score (nSPS) is 22.5. The zero-order chi connectivity index (χ0) is 13.7. The van der Waals surface area contributed by atoms with E-state index < -0.39 is 0 Å². The average molecular weight is 275 g/mol. The van der Waals surface area contributed by atoms with E-state index in [1.165, 1.54) is 0 Å². The summed E-state index contributed by atoms with van der Waals surface area (Å²) >= 11 is 0. The van der Waals surface area contributed by atoms with Gasteiger partial charge in [-0.3, -0.25) is 9.59 Å². The van der Waals surface area contributed by atoms with Gasteiger partial charge in [0.25, 0.3) is 5.91 Å². The van der Waals surface area contributed by atoms with Crippen LogP contribution in [0.1, 0.15) is 47.8 Å². The molecule has 2 saturated carbocycles. The number of nitrogens with zero attached hydrogens (tertiary/aromatic N) is 2. The lowest BCUT2D eigenvalue weighted by molar-refractivity contribution is -0.123. The Kier molecular flexibility index (Phi) is 2.58. The first kappa shape index (κ1) is 11.9. The van der Waals surface area contributed by atoms with Crippen molar-refractivity contribution in [1.29, 1.82) is 0 Å². The minimum absolute atomic E-state index is 0.0989. The van der Waals surface area contributed by atoms with Crippen LogP contribution in [0.15, 0.2) is 10.6 Å². The molecule has 2 amide bonds. The molecule has 6 heteroatoms. The molecule has 0 unspecified atom stereocenters. The van der Waals surface area contributed by atoms with Crippen LogP contribution in [0.3, 0.4) is 0 Å². The third-order valence-corrected chi connectivity index (χ3v) is 4.19. The van der Waals surface area contributed by atoms with Crippen LogP contribution in [0, 0.1) is 5.92 Å². The first-order valence-corrected chi connectivity index (χ1v) is 7.27. The highest BCUT2D eigenvalue weighted by molar-refractivity contribution is 5.93. The lowest BCUT2D eigenvalue weighted by Gasteiger charge is -2.39. The van der Waals surface area contributed by atoms with E-state index in [1.807, 2.05) is 0 Å². The number of hydrogen-bond donors (Lipinski definition) is 1. The Hall–Kier alpha value is -1.85. The van der Waals surface area contributed by atoms with Crippen LogP contribution in [0.5, 0.6) is 0 Å². The lowest BCUT2D eigenvalue weighted by Crippen LogP contribution is -2.61. The summed E-state index contributed by atoms with van der Waals surface area (Å²) in [4.78, 5) is 25.5. The fourth-order valence-corrected chi connectivity index (χ4v) is 2.51. The number of nitrogens with one attached hydrogen (secondary N) is 1. The highest BCUT2D eigenvalue weighted by Crippen LogP contribution is 2.40. The van der Waals surface area contributed by atoms with Crippen molar-refractivity contribution >= 4 is 11.8 Å². The van der Waals surface area contributed by atoms with Gasteiger partial charge in [-0.2, -0.15) is 0 Å². The molecule has 3 aliphatic rings. The van der Waals surface area contributed by atoms with Gasteiger partial charge in [-0.05, 0) is 25.7 Å². The van der Waals surface area contributed by atoms with E-state index in [-0.39, 0.29) is 23.8 Å². The molecule has 0 spiro atoms. The number of likely N-dealkylation sites (tertiary alicyclic amines) is 1. The second kappa shape index (κ2) is 4.33. The van der Waals surface area contributed by atoms with Crippen LogP contribution >= 0.6 is 0 Å². The Morgan fingerprint density at radius 2 is 2.00 bits per heavy atom. The molecule has 3 fully saturated rings. The minimum atomic E-state index is -0.0995. The number of aromatic nitrogens is 1. The fraction of sp³-hybridized carbons (Fsp3) is 0.643. The van der Waals surface area contributed by atoms with E-state index >= 15 is 0 Å². The number of carbonyl (C=O) groups excluding carboxylic acids is 2. The van der Waals surface area contributed by atoms with Gasteiger partial charge in [0.05, 0.1) is 6.04 Å². The highest BCUT2D eigenvalue weighted by Gasteiger charge is 2.37. The predicted molar refractivity (Wildman–Crippen MR) is 69.0 cm³/mol. The van der Waals surface area contributed by atoms with Crippen molar-refractivity contribution in [3.8, 4) is 0 Å². The quantitative estimate of drug-likeness (QED) is 0.886. The Bertz CT molecular complexity index is 554. The monoisotopic (exact) mass is 275 g/mol. The SMILES string of the molecule is O=C(NC1CN(C(=O)c2cc(C3CC3)on2)C1)C1CC1. The zero-order valence-corrected chi connectivity index (χ0v) is 11.2. The first-order chi connectivity index (χ1) is 9.70. The fourth-order valence-electron chi connectivity index (χ4n) is 2.51. The summed E-state index contributed by atoms with van der Waals surface area (Å²) in [5, 5.41) is 6.82. The van der Waals surface area contributed by atoms with Crippen LogP contribution in [0.2, 0.25) is 0 Å². The lowest BCUT2D eigenvalue weighted by atomic mass is 10.1. The number of rotatable bonds is 4. The molecule has 6 nitrogen and oxygen atoms in total. The van der Waals surface area contributed by atoms with Crippen LogP contribution in [-0.4, -0.2) is 41.0 Å². The molecule has 0 radical (unpaired) electrons. The molecular weight excluding hydrogens is 258 g/mol. The molecule has 1 aromatic rings. The summed E-state index contributed by atoms with van der Waals surface area (Å²) in [6, 6.07) is 1.86. The standard InChI is InChI=1S/C14H17N3O3/c18-13(9-3-4-9)15-10-6-17(7-10)14(19)11-5-12(20-16-11)8-1-2-8/h5,8-10H,1-4,6-7H2,(H,15,18).